The monoisotopic (exact) mass is 910 g/mol. The Balaban J connectivity index is 0.935. The molecular weight excluding hydrogens is 847 g/mol. The Labute approximate surface area is 417 Å². The van der Waals surface area contributed by atoms with Gasteiger partial charge in [0.15, 0.2) is 0 Å². The van der Waals surface area contributed by atoms with Crippen LogP contribution in [0.25, 0.3) is 24.3 Å². The van der Waals surface area contributed by atoms with E-state index in [1.165, 1.54) is 39.2 Å². The molecule has 0 aliphatic rings. The van der Waals surface area contributed by atoms with Gasteiger partial charge in [0.1, 0.15) is 0 Å². The molecule has 0 saturated heterocycles. The maximum Gasteiger partial charge on any atom is 0.0522 e. The van der Waals surface area contributed by atoms with Crippen LogP contribution in [0, 0.1) is 13.8 Å². The van der Waals surface area contributed by atoms with Crippen LogP contribution in [0.4, 0.5) is 51.2 Å². The van der Waals surface area contributed by atoms with Crippen molar-refractivity contribution < 1.29 is 0 Å². The van der Waals surface area contributed by atoms with Crippen LogP contribution < -0.4 is 14.7 Å². The van der Waals surface area contributed by atoms with Crippen LogP contribution in [0.2, 0.25) is 0 Å². The van der Waals surface area contributed by atoms with Crippen molar-refractivity contribution in [2.24, 2.45) is 0 Å². The molecule has 0 spiro atoms. The van der Waals surface area contributed by atoms with Crippen LogP contribution >= 0.6 is 0 Å². The number of nitrogens with zero attached hydrogens (tertiary/aromatic N) is 3. The molecule has 346 valence electrons. The normalized spacial score (nSPS) is 11.4. The SMILES string of the molecule is CCc1cccc(C)c1N(c1ccccc1)c1ccc(/C=C/c2ccc(N(c3ccc(/C=C/c4ccc(N(c5ccccc5)c5c(C)cccc5CC)cc4)cc3)c3ccc(C(C)C)cc3)cc2)cc1. The molecule has 0 atom stereocenters. The van der Waals surface area contributed by atoms with Crippen LogP contribution in [0.1, 0.15) is 83.7 Å². The van der Waals surface area contributed by atoms with Gasteiger partial charge in [-0.2, -0.15) is 0 Å². The minimum Gasteiger partial charge on any atom is -0.311 e. The number of anilines is 9. The molecule has 0 heterocycles. The Bertz CT molecular complexity index is 2970. The molecule has 0 radical (unpaired) electrons. The summed E-state index contributed by atoms with van der Waals surface area (Å²) >= 11 is 0. The van der Waals surface area contributed by atoms with Crippen molar-refractivity contribution in [2.45, 2.75) is 60.3 Å². The Morgan fingerprint density at radius 3 is 0.900 bits per heavy atom. The first-order valence-corrected chi connectivity index (χ1v) is 24.8. The lowest BCUT2D eigenvalue weighted by atomic mass is 10.0. The van der Waals surface area contributed by atoms with E-state index >= 15 is 0 Å². The van der Waals surface area contributed by atoms with Gasteiger partial charge in [0, 0.05) is 39.8 Å². The molecule has 0 unspecified atom stereocenters. The van der Waals surface area contributed by atoms with Crippen molar-refractivity contribution in [1.82, 2.24) is 0 Å². The molecule has 3 heteroatoms. The Hall–Kier alpha value is -8.14. The zero-order chi connectivity index (χ0) is 48.4. The van der Waals surface area contributed by atoms with Gasteiger partial charge in [-0.25, -0.2) is 0 Å². The van der Waals surface area contributed by atoms with Gasteiger partial charge < -0.3 is 14.7 Å². The summed E-state index contributed by atoms with van der Waals surface area (Å²) in [6, 6.07) is 79.1. The van der Waals surface area contributed by atoms with Crippen molar-refractivity contribution in [3.8, 4) is 0 Å². The second kappa shape index (κ2) is 21.9. The molecule has 0 aliphatic carbocycles. The van der Waals surface area contributed by atoms with Crippen molar-refractivity contribution in [2.75, 3.05) is 14.7 Å². The lowest BCUT2D eigenvalue weighted by Crippen LogP contribution is -2.13. The van der Waals surface area contributed by atoms with E-state index in [0.29, 0.717) is 5.92 Å². The summed E-state index contributed by atoms with van der Waals surface area (Å²) in [5, 5.41) is 0. The Kier molecular flexibility index (Phi) is 14.7. The fourth-order valence-corrected chi connectivity index (χ4v) is 9.40. The summed E-state index contributed by atoms with van der Waals surface area (Å²) in [6.45, 7) is 13.4. The number of aryl methyl sites for hydroxylation is 4. The Morgan fingerprint density at radius 1 is 0.314 bits per heavy atom. The van der Waals surface area contributed by atoms with Gasteiger partial charge in [-0.15, -0.1) is 0 Å². The second-order valence-electron chi connectivity index (χ2n) is 18.3. The van der Waals surface area contributed by atoms with Gasteiger partial charge in [-0.05, 0) is 168 Å². The van der Waals surface area contributed by atoms with Gasteiger partial charge in [0.25, 0.3) is 0 Å². The summed E-state index contributed by atoms with van der Waals surface area (Å²) < 4.78 is 0. The predicted octanol–water partition coefficient (Wildman–Crippen LogP) is 19.3. The average Bonchev–Trinajstić information content (AvgIpc) is 3.40. The minimum absolute atomic E-state index is 0.460. The molecule has 0 saturated carbocycles. The molecule has 9 aromatic rings. The highest BCUT2D eigenvalue weighted by atomic mass is 15.2. The van der Waals surface area contributed by atoms with E-state index < -0.39 is 0 Å². The zero-order valence-electron chi connectivity index (χ0n) is 41.4. The molecule has 0 bridgehead atoms. The molecule has 0 aliphatic heterocycles. The summed E-state index contributed by atoms with van der Waals surface area (Å²) in [5.41, 5.74) is 21.5. The summed E-state index contributed by atoms with van der Waals surface area (Å²) in [4.78, 5) is 7.12. The Morgan fingerprint density at radius 2 is 0.600 bits per heavy atom. The van der Waals surface area contributed by atoms with Crippen molar-refractivity contribution in [3.63, 3.8) is 0 Å². The van der Waals surface area contributed by atoms with Crippen LogP contribution in [0.15, 0.2) is 218 Å². The second-order valence-corrected chi connectivity index (χ2v) is 18.3. The van der Waals surface area contributed by atoms with Gasteiger partial charge >= 0.3 is 0 Å². The molecule has 9 aromatic carbocycles. The van der Waals surface area contributed by atoms with E-state index in [2.05, 4.69) is 299 Å². The van der Waals surface area contributed by atoms with Crippen molar-refractivity contribution in [3.05, 3.63) is 268 Å². The lowest BCUT2D eigenvalue weighted by molar-refractivity contribution is 0.866. The third-order valence-electron chi connectivity index (χ3n) is 13.2. The van der Waals surface area contributed by atoms with E-state index in [1.807, 2.05) is 0 Å². The number of hydrogen-bond acceptors (Lipinski definition) is 3. The minimum atomic E-state index is 0.460. The zero-order valence-corrected chi connectivity index (χ0v) is 41.4. The van der Waals surface area contributed by atoms with E-state index in [4.69, 9.17) is 0 Å². The average molecular weight is 910 g/mol. The van der Waals surface area contributed by atoms with E-state index in [-0.39, 0.29) is 0 Å². The van der Waals surface area contributed by atoms with Gasteiger partial charge in [0.2, 0.25) is 0 Å². The maximum atomic E-state index is 2.39. The summed E-state index contributed by atoms with van der Waals surface area (Å²) in [7, 11) is 0. The highest BCUT2D eigenvalue weighted by molar-refractivity contribution is 5.84. The number of para-hydroxylation sites is 4. The fourth-order valence-electron chi connectivity index (χ4n) is 9.40. The topological polar surface area (TPSA) is 9.72 Å². The van der Waals surface area contributed by atoms with Crippen LogP contribution in [0.5, 0.6) is 0 Å². The molecule has 0 fully saturated rings. The summed E-state index contributed by atoms with van der Waals surface area (Å²) in [6.07, 6.45) is 10.7. The standard InChI is InChI=1S/C67H63N3/c1-7-56-19-15-17-50(5)66(56)69(59-21-11-9-12-22-59)64-43-33-54(34-44-64)27-25-52-29-39-61(40-30-52)68(63-47-37-58(38-48-63)49(3)4)62-41-31-53(32-42-62)26-28-55-35-45-65(46-36-55)70(60-23-13-10-14-24-60)67-51(6)18-16-20-57(67)8-2/h9-49H,7-8H2,1-6H3/b27-25+,28-26+. The van der Waals surface area contributed by atoms with Crippen LogP contribution in [0.3, 0.4) is 0 Å². The smallest absolute Gasteiger partial charge is 0.0522 e. The molecular formula is C67H63N3. The highest BCUT2D eigenvalue weighted by Crippen LogP contribution is 2.41. The number of benzene rings is 9. The predicted molar refractivity (Wildman–Crippen MR) is 304 cm³/mol. The molecule has 0 amide bonds. The van der Waals surface area contributed by atoms with E-state index in [1.54, 1.807) is 0 Å². The first kappa shape index (κ1) is 46.9. The van der Waals surface area contributed by atoms with Crippen LogP contribution in [-0.4, -0.2) is 0 Å². The lowest BCUT2D eigenvalue weighted by Gasteiger charge is -2.29. The highest BCUT2D eigenvalue weighted by Gasteiger charge is 2.19. The van der Waals surface area contributed by atoms with Crippen molar-refractivity contribution in [1.29, 1.82) is 0 Å². The van der Waals surface area contributed by atoms with E-state index in [0.717, 1.165) is 74.9 Å². The molecule has 0 N–H and O–H groups in total. The third kappa shape index (κ3) is 10.6. The first-order valence-electron chi connectivity index (χ1n) is 24.8. The third-order valence-corrected chi connectivity index (χ3v) is 13.2. The quantitative estimate of drug-likeness (QED) is 0.0895. The maximum absolute atomic E-state index is 2.39. The fraction of sp³-hybridized carbons (Fsp3) is 0.134. The first-order chi connectivity index (χ1) is 34.3. The van der Waals surface area contributed by atoms with Gasteiger partial charge in [-0.3, -0.25) is 0 Å². The molecule has 0 aromatic heterocycles. The largest absolute Gasteiger partial charge is 0.311 e. The van der Waals surface area contributed by atoms with Gasteiger partial charge in [-0.1, -0.05) is 185 Å². The van der Waals surface area contributed by atoms with Gasteiger partial charge in [0.05, 0.1) is 11.4 Å². The van der Waals surface area contributed by atoms with Crippen molar-refractivity contribution >= 4 is 75.5 Å². The summed E-state index contributed by atoms with van der Waals surface area (Å²) in [5.74, 6) is 0.460. The molecule has 9 rings (SSSR count). The molecule has 70 heavy (non-hydrogen) atoms. The van der Waals surface area contributed by atoms with Crippen LogP contribution in [-0.2, 0) is 12.8 Å². The number of hydrogen-bond donors (Lipinski definition) is 0. The molecule has 3 nitrogen and oxygen atoms in total. The van der Waals surface area contributed by atoms with E-state index in [9.17, 15) is 0 Å². The number of rotatable bonds is 16.